The van der Waals surface area contributed by atoms with Crippen LogP contribution < -0.4 is 15.8 Å². The van der Waals surface area contributed by atoms with Crippen LogP contribution in [-0.2, 0) is 16.1 Å². The number of ether oxygens (including phenoxy) is 2. The van der Waals surface area contributed by atoms with Crippen LogP contribution in [0.25, 0.3) is 0 Å². The fourth-order valence-electron chi connectivity index (χ4n) is 2.07. The number of anilines is 1. The lowest BCUT2D eigenvalue weighted by atomic mass is 10.2. The zero-order valence-corrected chi connectivity index (χ0v) is 17.2. The van der Waals surface area contributed by atoms with Crippen molar-refractivity contribution in [3.8, 4) is 5.75 Å². The lowest BCUT2D eigenvalue weighted by Crippen LogP contribution is -2.25. The maximum Gasteiger partial charge on any atom is 0.343 e. The fourth-order valence-corrected chi connectivity index (χ4v) is 3.13. The van der Waals surface area contributed by atoms with Crippen LogP contribution in [0.2, 0.25) is 0 Å². The average Bonchev–Trinajstić information content (AvgIpc) is 2.65. The zero-order valence-electron chi connectivity index (χ0n) is 14.8. The number of carbonyl (C=O) groups excluding carboxylic acids is 2. The summed E-state index contributed by atoms with van der Waals surface area (Å²) in [6, 6.07) is 5.56. The lowest BCUT2D eigenvalue weighted by molar-refractivity contribution is -0.118. The number of methoxy groups -OCH3 is 1. The van der Waals surface area contributed by atoms with Crippen molar-refractivity contribution in [3.63, 3.8) is 0 Å². The monoisotopic (exact) mass is 454 g/mol. The van der Waals surface area contributed by atoms with E-state index in [0.717, 1.165) is 21.8 Å². The van der Waals surface area contributed by atoms with Crippen molar-refractivity contribution in [1.29, 1.82) is 0 Å². The van der Waals surface area contributed by atoms with Gasteiger partial charge >= 0.3 is 5.97 Å². The SMILES string of the molecule is CCOC(=O)c1cnc(SCC(=O)NCc2cc(Br)ccc2OC)nc1N. The van der Waals surface area contributed by atoms with Gasteiger partial charge in [0.1, 0.15) is 17.1 Å². The van der Waals surface area contributed by atoms with E-state index in [1.54, 1.807) is 14.0 Å². The van der Waals surface area contributed by atoms with Gasteiger partial charge in [0.25, 0.3) is 0 Å². The largest absolute Gasteiger partial charge is 0.496 e. The second-order valence-corrected chi connectivity index (χ2v) is 7.05. The topological polar surface area (TPSA) is 116 Å². The van der Waals surface area contributed by atoms with Gasteiger partial charge in [0.05, 0.1) is 19.5 Å². The molecular weight excluding hydrogens is 436 g/mol. The van der Waals surface area contributed by atoms with Crippen LogP contribution in [0.15, 0.2) is 34.0 Å². The first-order chi connectivity index (χ1) is 12.9. The number of nitrogens with zero attached hydrogens (tertiary/aromatic N) is 2. The summed E-state index contributed by atoms with van der Waals surface area (Å²) >= 11 is 4.51. The second kappa shape index (κ2) is 10.1. The summed E-state index contributed by atoms with van der Waals surface area (Å²) in [5.74, 6) is 0.0436. The molecule has 0 aliphatic heterocycles. The molecule has 2 aromatic rings. The van der Waals surface area contributed by atoms with Gasteiger partial charge in [-0.05, 0) is 25.1 Å². The molecule has 1 heterocycles. The number of aromatic nitrogens is 2. The van der Waals surface area contributed by atoms with Crippen LogP contribution in [-0.4, -0.2) is 41.3 Å². The smallest absolute Gasteiger partial charge is 0.343 e. The Labute approximate surface area is 169 Å². The summed E-state index contributed by atoms with van der Waals surface area (Å²) in [6.45, 7) is 2.26. The van der Waals surface area contributed by atoms with Crippen molar-refractivity contribution in [2.45, 2.75) is 18.6 Å². The first-order valence-corrected chi connectivity index (χ1v) is 9.74. The predicted molar refractivity (Wildman–Crippen MR) is 106 cm³/mol. The van der Waals surface area contributed by atoms with E-state index in [9.17, 15) is 9.59 Å². The summed E-state index contributed by atoms with van der Waals surface area (Å²) in [6.07, 6.45) is 1.30. The highest BCUT2D eigenvalue weighted by molar-refractivity contribution is 9.10. The number of thioether (sulfide) groups is 1. The molecule has 0 saturated heterocycles. The van der Waals surface area contributed by atoms with E-state index in [1.807, 2.05) is 18.2 Å². The van der Waals surface area contributed by atoms with E-state index in [-0.39, 0.29) is 29.6 Å². The van der Waals surface area contributed by atoms with E-state index in [2.05, 4.69) is 31.2 Å². The number of nitrogens with one attached hydrogen (secondary N) is 1. The number of nitrogen functional groups attached to an aromatic ring is 1. The van der Waals surface area contributed by atoms with Gasteiger partial charge in [-0.25, -0.2) is 14.8 Å². The first-order valence-electron chi connectivity index (χ1n) is 7.96. The molecule has 0 aliphatic carbocycles. The highest BCUT2D eigenvalue weighted by Gasteiger charge is 2.14. The van der Waals surface area contributed by atoms with Gasteiger partial charge in [-0.15, -0.1) is 0 Å². The van der Waals surface area contributed by atoms with Crippen molar-refractivity contribution < 1.29 is 19.1 Å². The standard InChI is InChI=1S/C17H19BrN4O4S/c1-3-26-16(24)12-8-21-17(22-15(12)19)27-9-14(23)20-7-10-6-11(18)4-5-13(10)25-2/h4-6,8H,3,7,9H2,1-2H3,(H,20,23)(H2,19,21,22). The van der Waals surface area contributed by atoms with Gasteiger partial charge < -0.3 is 20.5 Å². The molecule has 0 radical (unpaired) electrons. The molecule has 0 aliphatic rings. The number of benzene rings is 1. The number of nitrogens with two attached hydrogens (primary N) is 1. The van der Waals surface area contributed by atoms with Gasteiger partial charge in [-0.3, -0.25) is 4.79 Å². The van der Waals surface area contributed by atoms with Gasteiger partial charge in [-0.1, -0.05) is 27.7 Å². The molecule has 1 amide bonds. The maximum absolute atomic E-state index is 12.1. The van der Waals surface area contributed by atoms with Crippen molar-refractivity contribution in [2.24, 2.45) is 0 Å². The minimum Gasteiger partial charge on any atom is -0.496 e. The number of hydrogen-bond acceptors (Lipinski definition) is 8. The third-order valence-electron chi connectivity index (χ3n) is 3.34. The summed E-state index contributed by atoms with van der Waals surface area (Å²) in [5, 5.41) is 3.11. The molecule has 0 atom stereocenters. The molecule has 0 spiro atoms. The minimum absolute atomic E-state index is 0.0187. The van der Waals surface area contributed by atoms with Crippen LogP contribution in [0.5, 0.6) is 5.75 Å². The van der Waals surface area contributed by atoms with Gasteiger partial charge in [-0.2, -0.15) is 0 Å². The van der Waals surface area contributed by atoms with Gasteiger partial charge in [0, 0.05) is 22.8 Å². The number of hydrogen-bond donors (Lipinski definition) is 2. The molecular formula is C17H19BrN4O4S. The van der Waals surface area contributed by atoms with Crippen LogP contribution >= 0.6 is 27.7 Å². The number of carbonyl (C=O) groups is 2. The van der Waals surface area contributed by atoms with E-state index >= 15 is 0 Å². The predicted octanol–water partition coefficient (Wildman–Crippen LogP) is 2.42. The molecule has 10 heteroatoms. The van der Waals surface area contributed by atoms with E-state index in [0.29, 0.717) is 17.5 Å². The van der Waals surface area contributed by atoms with Crippen LogP contribution in [0, 0.1) is 0 Å². The van der Waals surface area contributed by atoms with Gasteiger partial charge in [0.15, 0.2) is 5.16 Å². The summed E-state index contributed by atoms with van der Waals surface area (Å²) in [7, 11) is 1.58. The lowest BCUT2D eigenvalue weighted by Gasteiger charge is -2.10. The van der Waals surface area contributed by atoms with E-state index in [4.69, 9.17) is 15.2 Å². The van der Waals surface area contributed by atoms with Crippen molar-refractivity contribution in [2.75, 3.05) is 25.2 Å². The molecule has 144 valence electrons. The molecule has 8 nitrogen and oxygen atoms in total. The molecule has 2 rings (SSSR count). The van der Waals surface area contributed by atoms with Crippen molar-refractivity contribution >= 4 is 45.4 Å². The Morgan fingerprint density at radius 2 is 2.15 bits per heavy atom. The molecule has 0 bridgehead atoms. The highest BCUT2D eigenvalue weighted by atomic mass is 79.9. The quantitative estimate of drug-likeness (QED) is 0.354. The Kier molecular flexibility index (Phi) is 7.86. The Morgan fingerprint density at radius 1 is 1.37 bits per heavy atom. The molecule has 27 heavy (non-hydrogen) atoms. The zero-order chi connectivity index (χ0) is 19.8. The van der Waals surface area contributed by atoms with Gasteiger partial charge in [0.2, 0.25) is 5.91 Å². The Balaban J connectivity index is 1.89. The molecule has 1 aromatic carbocycles. The first kappa shape index (κ1) is 21.0. The Hall–Kier alpha value is -2.33. The third kappa shape index (κ3) is 6.10. The maximum atomic E-state index is 12.1. The third-order valence-corrected chi connectivity index (χ3v) is 4.70. The molecule has 0 fully saturated rings. The van der Waals surface area contributed by atoms with Crippen LogP contribution in [0.3, 0.4) is 0 Å². The Bertz CT molecular complexity index is 835. The van der Waals surface area contributed by atoms with E-state index < -0.39 is 5.97 Å². The normalized spacial score (nSPS) is 10.3. The summed E-state index contributed by atoms with van der Waals surface area (Å²) in [5.41, 5.74) is 6.71. The summed E-state index contributed by atoms with van der Waals surface area (Å²) in [4.78, 5) is 31.8. The van der Waals surface area contributed by atoms with Crippen LogP contribution in [0.4, 0.5) is 5.82 Å². The number of amides is 1. The average molecular weight is 455 g/mol. The van der Waals surface area contributed by atoms with Crippen molar-refractivity contribution in [1.82, 2.24) is 15.3 Å². The molecule has 0 unspecified atom stereocenters. The highest BCUT2D eigenvalue weighted by Crippen LogP contribution is 2.23. The molecule has 3 N–H and O–H groups in total. The Morgan fingerprint density at radius 3 is 2.81 bits per heavy atom. The van der Waals surface area contributed by atoms with E-state index in [1.165, 1.54) is 6.20 Å². The molecule has 1 aromatic heterocycles. The number of esters is 1. The molecule has 0 saturated carbocycles. The van der Waals surface area contributed by atoms with Crippen LogP contribution in [0.1, 0.15) is 22.8 Å². The van der Waals surface area contributed by atoms with Crippen molar-refractivity contribution in [3.05, 3.63) is 40.0 Å². The summed E-state index contributed by atoms with van der Waals surface area (Å²) < 4.78 is 11.0. The fraction of sp³-hybridized carbons (Fsp3) is 0.294. The number of rotatable bonds is 8. The number of halogens is 1. The second-order valence-electron chi connectivity index (χ2n) is 5.19. The minimum atomic E-state index is -0.577.